The first kappa shape index (κ1) is 10.4. The third kappa shape index (κ3) is 2.13. The quantitative estimate of drug-likeness (QED) is 0.742. The maximum Gasteiger partial charge on any atom is 0.0314 e. The molecule has 1 nitrogen and oxygen atoms in total. The summed E-state index contributed by atoms with van der Waals surface area (Å²) in [6, 6.07) is 6.66. The minimum Gasteiger partial charge on any atom is -0.322 e. The van der Waals surface area contributed by atoms with E-state index in [1.54, 1.807) is 0 Å². The SMILES string of the molecule is Cc1ccc2c(c1)CCC(C(C)(C)N)=C2. The molecule has 0 radical (unpaired) electrons. The Morgan fingerprint density at radius 3 is 2.60 bits per heavy atom. The first-order valence-electron chi connectivity index (χ1n) is 5.56. The molecular formula is C14H19N. The second-order valence-corrected chi connectivity index (χ2v) is 5.09. The van der Waals surface area contributed by atoms with Crippen LogP contribution in [-0.4, -0.2) is 5.54 Å². The van der Waals surface area contributed by atoms with Crippen LogP contribution in [0.1, 0.15) is 37.0 Å². The van der Waals surface area contributed by atoms with Crippen molar-refractivity contribution in [3.8, 4) is 0 Å². The van der Waals surface area contributed by atoms with Gasteiger partial charge < -0.3 is 5.73 Å². The minimum absolute atomic E-state index is 0.178. The van der Waals surface area contributed by atoms with Crippen LogP contribution in [0.5, 0.6) is 0 Å². The van der Waals surface area contributed by atoms with E-state index in [9.17, 15) is 0 Å². The average molecular weight is 201 g/mol. The monoisotopic (exact) mass is 201 g/mol. The molecule has 0 aliphatic heterocycles. The average Bonchev–Trinajstić information content (AvgIpc) is 2.15. The molecule has 2 rings (SSSR count). The van der Waals surface area contributed by atoms with Gasteiger partial charge in [-0.1, -0.05) is 35.4 Å². The molecule has 0 fully saturated rings. The highest BCUT2D eigenvalue weighted by atomic mass is 14.7. The smallest absolute Gasteiger partial charge is 0.0314 e. The summed E-state index contributed by atoms with van der Waals surface area (Å²) < 4.78 is 0. The van der Waals surface area contributed by atoms with Gasteiger partial charge in [0.05, 0.1) is 0 Å². The van der Waals surface area contributed by atoms with Crippen LogP contribution in [0.15, 0.2) is 23.8 Å². The summed E-state index contributed by atoms with van der Waals surface area (Å²) in [6.45, 7) is 6.31. The Labute approximate surface area is 92.0 Å². The van der Waals surface area contributed by atoms with Crippen molar-refractivity contribution in [2.75, 3.05) is 0 Å². The van der Waals surface area contributed by atoms with Crippen LogP contribution in [0, 0.1) is 6.92 Å². The van der Waals surface area contributed by atoms with E-state index >= 15 is 0 Å². The van der Waals surface area contributed by atoms with E-state index in [0.29, 0.717) is 0 Å². The van der Waals surface area contributed by atoms with Gasteiger partial charge in [-0.2, -0.15) is 0 Å². The van der Waals surface area contributed by atoms with Gasteiger partial charge in [-0.05, 0) is 44.7 Å². The van der Waals surface area contributed by atoms with Crippen LogP contribution in [-0.2, 0) is 6.42 Å². The third-order valence-corrected chi connectivity index (χ3v) is 3.12. The predicted molar refractivity (Wildman–Crippen MR) is 65.7 cm³/mol. The summed E-state index contributed by atoms with van der Waals surface area (Å²) in [5.74, 6) is 0. The summed E-state index contributed by atoms with van der Waals surface area (Å²) in [7, 11) is 0. The molecule has 1 heteroatoms. The molecule has 0 aromatic heterocycles. The standard InChI is InChI=1S/C14H19N/c1-10-4-5-12-9-13(14(2,3)15)7-6-11(12)8-10/h4-5,8-9H,6-7,15H2,1-3H3. The van der Waals surface area contributed by atoms with Crippen molar-refractivity contribution in [1.29, 1.82) is 0 Å². The highest BCUT2D eigenvalue weighted by Crippen LogP contribution is 2.29. The van der Waals surface area contributed by atoms with Crippen molar-refractivity contribution >= 4 is 6.08 Å². The molecule has 15 heavy (non-hydrogen) atoms. The van der Waals surface area contributed by atoms with Gasteiger partial charge in [-0.15, -0.1) is 0 Å². The van der Waals surface area contributed by atoms with E-state index in [2.05, 4.69) is 45.0 Å². The van der Waals surface area contributed by atoms with Crippen molar-refractivity contribution in [3.63, 3.8) is 0 Å². The largest absolute Gasteiger partial charge is 0.322 e. The molecule has 1 aromatic carbocycles. The van der Waals surface area contributed by atoms with Gasteiger partial charge in [0.1, 0.15) is 0 Å². The van der Waals surface area contributed by atoms with Gasteiger partial charge in [0.15, 0.2) is 0 Å². The van der Waals surface area contributed by atoms with Crippen molar-refractivity contribution < 1.29 is 0 Å². The van der Waals surface area contributed by atoms with Crippen LogP contribution < -0.4 is 5.73 Å². The molecule has 0 spiro atoms. The fourth-order valence-corrected chi connectivity index (χ4v) is 2.13. The third-order valence-electron chi connectivity index (χ3n) is 3.12. The normalized spacial score (nSPS) is 15.9. The maximum absolute atomic E-state index is 6.13. The Morgan fingerprint density at radius 1 is 1.20 bits per heavy atom. The van der Waals surface area contributed by atoms with Crippen LogP contribution in [0.4, 0.5) is 0 Å². The van der Waals surface area contributed by atoms with Crippen molar-refractivity contribution in [1.82, 2.24) is 0 Å². The first-order chi connectivity index (χ1) is 6.97. The van der Waals surface area contributed by atoms with Crippen LogP contribution in [0.3, 0.4) is 0 Å². The Kier molecular flexibility index (Phi) is 2.43. The summed E-state index contributed by atoms with van der Waals surface area (Å²) >= 11 is 0. The molecule has 0 atom stereocenters. The molecule has 2 N–H and O–H groups in total. The van der Waals surface area contributed by atoms with E-state index in [0.717, 1.165) is 12.8 Å². The predicted octanol–water partition coefficient (Wildman–Crippen LogP) is 3.06. The Morgan fingerprint density at radius 2 is 1.93 bits per heavy atom. The molecule has 0 saturated carbocycles. The van der Waals surface area contributed by atoms with Crippen molar-refractivity contribution in [2.45, 2.75) is 39.2 Å². The number of fused-ring (bicyclic) bond motifs is 1. The summed E-state index contributed by atoms with van der Waals surface area (Å²) in [6.07, 6.45) is 4.49. The lowest BCUT2D eigenvalue weighted by Gasteiger charge is -2.27. The zero-order valence-corrected chi connectivity index (χ0v) is 9.80. The highest BCUT2D eigenvalue weighted by Gasteiger charge is 2.20. The number of benzene rings is 1. The number of hydrogen-bond acceptors (Lipinski definition) is 1. The van der Waals surface area contributed by atoms with E-state index in [1.807, 2.05) is 0 Å². The van der Waals surface area contributed by atoms with Gasteiger partial charge >= 0.3 is 0 Å². The molecule has 0 unspecified atom stereocenters. The summed E-state index contributed by atoms with van der Waals surface area (Å²) in [5.41, 5.74) is 11.5. The van der Waals surface area contributed by atoms with Gasteiger partial charge in [-0.3, -0.25) is 0 Å². The molecule has 80 valence electrons. The molecule has 0 saturated heterocycles. The fraction of sp³-hybridized carbons (Fsp3) is 0.429. The second-order valence-electron chi connectivity index (χ2n) is 5.09. The van der Waals surface area contributed by atoms with Crippen LogP contribution in [0.25, 0.3) is 6.08 Å². The molecule has 0 heterocycles. The number of rotatable bonds is 1. The zero-order chi connectivity index (χ0) is 11.1. The molecular weight excluding hydrogens is 182 g/mol. The lowest BCUT2D eigenvalue weighted by atomic mass is 9.83. The summed E-state index contributed by atoms with van der Waals surface area (Å²) in [5, 5.41) is 0. The minimum atomic E-state index is -0.178. The van der Waals surface area contributed by atoms with Gasteiger partial charge in [-0.25, -0.2) is 0 Å². The Hall–Kier alpha value is -1.08. The molecule has 0 bridgehead atoms. The van der Waals surface area contributed by atoms with Gasteiger partial charge in [0, 0.05) is 5.54 Å². The van der Waals surface area contributed by atoms with E-state index < -0.39 is 0 Å². The molecule has 1 aliphatic rings. The van der Waals surface area contributed by atoms with E-state index in [1.165, 1.54) is 22.3 Å². The number of nitrogens with two attached hydrogens (primary N) is 1. The zero-order valence-electron chi connectivity index (χ0n) is 9.80. The van der Waals surface area contributed by atoms with Gasteiger partial charge in [0.25, 0.3) is 0 Å². The molecule has 1 aliphatic carbocycles. The van der Waals surface area contributed by atoms with Crippen molar-refractivity contribution in [3.05, 3.63) is 40.5 Å². The second kappa shape index (κ2) is 3.49. The number of hydrogen-bond donors (Lipinski definition) is 1. The number of aryl methyl sites for hydroxylation is 2. The topological polar surface area (TPSA) is 26.0 Å². The van der Waals surface area contributed by atoms with Gasteiger partial charge in [0.2, 0.25) is 0 Å². The summed E-state index contributed by atoms with van der Waals surface area (Å²) in [4.78, 5) is 0. The maximum atomic E-state index is 6.13. The molecule has 1 aromatic rings. The molecule has 0 amide bonds. The Balaban J connectivity index is 2.42. The fourth-order valence-electron chi connectivity index (χ4n) is 2.13. The van der Waals surface area contributed by atoms with Crippen LogP contribution in [0.2, 0.25) is 0 Å². The van der Waals surface area contributed by atoms with E-state index in [-0.39, 0.29) is 5.54 Å². The van der Waals surface area contributed by atoms with Crippen LogP contribution >= 0.6 is 0 Å². The van der Waals surface area contributed by atoms with Crippen molar-refractivity contribution in [2.24, 2.45) is 5.73 Å². The highest BCUT2D eigenvalue weighted by molar-refractivity contribution is 5.62. The van der Waals surface area contributed by atoms with E-state index in [4.69, 9.17) is 5.73 Å². The lowest BCUT2D eigenvalue weighted by Crippen LogP contribution is -2.35. The Bertz CT molecular complexity index is 408. The lowest BCUT2D eigenvalue weighted by molar-refractivity contribution is 0.583. The first-order valence-corrected chi connectivity index (χ1v) is 5.56.